The van der Waals surface area contributed by atoms with E-state index in [1.807, 2.05) is 42.5 Å². The molecule has 32 heavy (non-hydrogen) atoms. The minimum Gasteiger partial charge on any atom is -0.254 e. The quantitative estimate of drug-likeness (QED) is 0.313. The maximum atomic E-state index is 12.9. The van der Waals surface area contributed by atoms with Gasteiger partial charge in [0.2, 0.25) is 5.96 Å². The van der Waals surface area contributed by atoms with Crippen molar-refractivity contribution in [2.45, 2.75) is 4.90 Å². The third-order valence-electron chi connectivity index (χ3n) is 4.70. The summed E-state index contributed by atoms with van der Waals surface area (Å²) in [6, 6.07) is 22.9. The zero-order valence-corrected chi connectivity index (χ0v) is 19.2. The highest BCUT2D eigenvalue weighted by molar-refractivity contribution is 7.90. The molecule has 9 heteroatoms. The number of hydrogen-bond donors (Lipinski definition) is 1. The van der Waals surface area contributed by atoms with Crippen LogP contribution in [0.5, 0.6) is 0 Å². The van der Waals surface area contributed by atoms with Crippen LogP contribution in [0.1, 0.15) is 0 Å². The van der Waals surface area contributed by atoms with Crippen molar-refractivity contribution in [2.24, 2.45) is 4.99 Å². The van der Waals surface area contributed by atoms with Crippen LogP contribution in [-0.2, 0) is 10.0 Å². The molecule has 6 nitrogen and oxygen atoms in total. The molecule has 0 unspecified atom stereocenters. The molecule has 1 aromatic heterocycles. The minimum atomic E-state index is -3.89. The SMILES string of the molecule is CN=C(NS(=O)(=O)c1ccc(Cl)cc1)n1cc(-c2ccccc2)c(-c2ccc(Cl)cc2)n1. The zero-order chi connectivity index (χ0) is 22.7. The number of nitrogens with one attached hydrogen (secondary N) is 1. The van der Waals surface area contributed by atoms with Crippen molar-refractivity contribution in [3.63, 3.8) is 0 Å². The van der Waals surface area contributed by atoms with E-state index in [1.165, 1.54) is 36.0 Å². The number of hydrogen-bond acceptors (Lipinski definition) is 4. The van der Waals surface area contributed by atoms with Gasteiger partial charge in [-0.2, -0.15) is 5.10 Å². The van der Waals surface area contributed by atoms with Crippen LogP contribution in [0.15, 0.2) is 94.9 Å². The van der Waals surface area contributed by atoms with Crippen molar-refractivity contribution in [1.82, 2.24) is 14.5 Å². The summed E-state index contributed by atoms with van der Waals surface area (Å²) in [7, 11) is -2.40. The largest absolute Gasteiger partial charge is 0.264 e. The fourth-order valence-electron chi connectivity index (χ4n) is 3.12. The molecule has 4 aromatic rings. The van der Waals surface area contributed by atoms with Crippen molar-refractivity contribution >= 4 is 39.2 Å². The molecule has 0 radical (unpaired) electrons. The molecule has 1 heterocycles. The number of rotatable bonds is 4. The lowest BCUT2D eigenvalue weighted by molar-refractivity contribution is 0.591. The van der Waals surface area contributed by atoms with Crippen molar-refractivity contribution in [3.8, 4) is 22.4 Å². The number of benzene rings is 3. The van der Waals surface area contributed by atoms with Crippen LogP contribution in [0, 0.1) is 0 Å². The summed E-state index contributed by atoms with van der Waals surface area (Å²) in [4.78, 5) is 4.19. The molecule has 0 aliphatic rings. The second kappa shape index (κ2) is 9.16. The maximum absolute atomic E-state index is 12.9. The number of aliphatic imine (C=N–C) groups is 1. The summed E-state index contributed by atoms with van der Waals surface area (Å²) in [6.07, 6.45) is 1.74. The second-order valence-corrected chi connectivity index (χ2v) is 9.37. The van der Waals surface area contributed by atoms with Crippen molar-refractivity contribution < 1.29 is 8.42 Å². The highest BCUT2D eigenvalue weighted by Gasteiger charge is 2.20. The average Bonchev–Trinajstić information content (AvgIpc) is 3.24. The topological polar surface area (TPSA) is 76.3 Å². The van der Waals surface area contributed by atoms with E-state index in [-0.39, 0.29) is 10.9 Å². The van der Waals surface area contributed by atoms with E-state index in [0.29, 0.717) is 15.7 Å². The fraction of sp³-hybridized carbons (Fsp3) is 0.0435. The van der Waals surface area contributed by atoms with Gasteiger partial charge in [0.1, 0.15) is 5.69 Å². The summed E-state index contributed by atoms with van der Waals surface area (Å²) in [6.45, 7) is 0. The van der Waals surface area contributed by atoms with Crippen LogP contribution >= 0.6 is 23.2 Å². The van der Waals surface area contributed by atoms with Crippen LogP contribution in [0.2, 0.25) is 10.0 Å². The molecule has 0 saturated carbocycles. The highest BCUT2D eigenvalue weighted by Crippen LogP contribution is 2.31. The van der Waals surface area contributed by atoms with Crippen molar-refractivity contribution in [3.05, 3.63) is 95.1 Å². The van der Waals surface area contributed by atoms with Gasteiger partial charge in [-0.05, 0) is 42.0 Å². The first-order chi connectivity index (χ1) is 15.4. The fourth-order valence-corrected chi connectivity index (χ4v) is 4.41. The average molecular weight is 485 g/mol. The lowest BCUT2D eigenvalue weighted by Gasteiger charge is -2.10. The molecular formula is C23H18Cl2N4O2S. The Morgan fingerprint density at radius 1 is 0.875 bits per heavy atom. The first-order valence-electron chi connectivity index (χ1n) is 9.54. The van der Waals surface area contributed by atoms with Gasteiger partial charge in [-0.1, -0.05) is 65.7 Å². The molecule has 4 rings (SSSR count). The first kappa shape index (κ1) is 22.1. The van der Waals surface area contributed by atoms with Gasteiger partial charge in [-0.15, -0.1) is 0 Å². The molecule has 0 aliphatic heterocycles. The Labute approximate surface area is 196 Å². The molecule has 0 atom stereocenters. The molecular weight excluding hydrogens is 467 g/mol. The predicted molar refractivity (Wildman–Crippen MR) is 129 cm³/mol. The van der Waals surface area contributed by atoms with Gasteiger partial charge >= 0.3 is 0 Å². The maximum Gasteiger partial charge on any atom is 0.264 e. The second-order valence-electron chi connectivity index (χ2n) is 6.82. The van der Waals surface area contributed by atoms with Crippen LogP contribution in [0.4, 0.5) is 0 Å². The van der Waals surface area contributed by atoms with Gasteiger partial charge in [-0.25, -0.2) is 17.8 Å². The van der Waals surface area contributed by atoms with E-state index < -0.39 is 10.0 Å². The highest BCUT2D eigenvalue weighted by atomic mass is 35.5. The zero-order valence-electron chi connectivity index (χ0n) is 16.9. The van der Waals surface area contributed by atoms with Crippen LogP contribution < -0.4 is 4.72 Å². The Balaban J connectivity index is 1.77. The van der Waals surface area contributed by atoms with E-state index in [4.69, 9.17) is 23.2 Å². The van der Waals surface area contributed by atoms with Crippen LogP contribution in [0.3, 0.4) is 0 Å². The summed E-state index contributed by atoms with van der Waals surface area (Å²) in [5.41, 5.74) is 3.25. The smallest absolute Gasteiger partial charge is 0.254 e. The van der Waals surface area contributed by atoms with Gasteiger partial charge < -0.3 is 0 Å². The third kappa shape index (κ3) is 4.70. The predicted octanol–water partition coefficient (Wildman–Crippen LogP) is 5.34. The molecule has 0 aliphatic carbocycles. The Morgan fingerprint density at radius 2 is 1.47 bits per heavy atom. The van der Waals surface area contributed by atoms with Gasteiger partial charge in [0.05, 0.1) is 4.90 Å². The Morgan fingerprint density at radius 3 is 2.06 bits per heavy atom. The molecule has 0 spiro atoms. The summed E-state index contributed by atoms with van der Waals surface area (Å²) < 4.78 is 29.7. The summed E-state index contributed by atoms with van der Waals surface area (Å²) in [5.74, 6) is 0.0531. The van der Waals surface area contributed by atoms with Gasteiger partial charge in [0.15, 0.2) is 0 Å². The standard InChI is InChI=1S/C23H18Cl2N4O2S/c1-26-23(28-32(30,31)20-13-11-19(25)12-14-20)29-15-21(16-5-3-2-4-6-16)22(27-29)17-7-9-18(24)10-8-17/h2-15H,1H3,(H,26,28). The van der Waals surface area contributed by atoms with E-state index in [1.54, 1.807) is 18.3 Å². The van der Waals surface area contributed by atoms with Crippen LogP contribution in [0.25, 0.3) is 22.4 Å². The van der Waals surface area contributed by atoms with E-state index in [2.05, 4.69) is 14.8 Å². The van der Waals surface area contributed by atoms with Gasteiger partial charge in [0, 0.05) is 34.4 Å². The summed E-state index contributed by atoms with van der Waals surface area (Å²) in [5, 5.41) is 5.70. The minimum absolute atomic E-state index is 0.0531. The van der Waals surface area contributed by atoms with Crippen LogP contribution in [-0.4, -0.2) is 31.2 Å². The first-order valence-corrected chi connectivity index (χ1v) is 11.8. The number of halogens is 2. The molecule has 0 bridgehead atoms. The summed E-state index contributed by atoms with van der Waals surface area (Å²) >= 11 is 11.9. The number of sulfonamides is 1. The van der Waals surface area contributed by atoms with E-state index in [9.17, 15) is 8.42 Å². The monoisotopic (exact) mass is 484 g/mol. The molecule has 3 aromatic carbocycles. The Bertz CT molecular complexity index is 1370. The van der Waals surface area contributed by atoms with Gasteiger partial charge in [-0.3, -0.25) is 4.99 Å². The molecule has 162 valence electrons. The van der Waals surface area contributed by atoms with E-state index >= 15 is 0 Å². The third-order valence-corrected chi connectivity index (χ3v) is 6.54. The number of aromatic nitrogens is 2. The molecule has 1 N–H and O–H groups in total. The van der Waals surface area contributed by atoms with E-state index in [0.717, 1.165) is 16.7 Å². The molecule has 0 fully saturated rings. The Kier molecular flexibility index (Phi) is 6.32. The molecule has 0 saturated heterocycles. The normalized spacial score (nSPS) is 12.0. The lowest BCUT2D eigenvalue weighted by Crippen LogP contribution is -2.36. The number of nitrogens with zero attached hydrogens (tertiary/aromatic N) is 3. The van der Waals surface area contributed by atoms with Crippen molar-refractivity contribution in [1.29, 1.82) is 0 Å². The van der Waals surface area contributed by atoms with Gasteiger partial charge in [0.25, 0.3) is 10.0 Å². The Hall–Kier alpha value is -3.13. The van der Waals surface area contributed by atoms with Crippen molar-refractivity contribution in [2.75, 3.05) is 7.05 Å². The lowest BCUT2D eigenvalue weighted by atomic mass is 10.0. The molecule has 0 amide bonds.